The Kier molecular flexibility index (Phi) is 7.47. The monoisotopic (exact) mass is 406 g/mol. The third kappa shape index (κ3) is 5.40. The fourth-order valence-electron chi connectivity index (χ4n) is 3.42. The molecule has 1 aliphatic heterocycles. The van der Waals surface area contributed by atoms with E-state index in [0.29, 0.717) is 42.3 Å². The Bertz CT molecular complexity index is 912. The highest BCUT2D eigenvalue weighted by molar-refractivity contribution is 5.94. The zero-order valence-corrected chi connectivity index (χ0v) is 17.2. The summed E-state index contributed by atoms with van der Waals surface area (Å²) in [6, 6.07) is 14.4. The smallest absolute Gasteiger partial charge is 0.254 e. The molecule has 1 aliphatic rings. The summed E-state index contributed by atoms with van der Waals surface area (Å²) in [7, 11) is 1.59. The van der Waals surface area contributed by atoms with Gasteiger partial charge in [0.2, 0.25) is 0 Å². The lowest BCUT2D eigenvalue weighted by atomic mass is 10.1. The number of benzene rings is 2. The number of hydrogen-bond acceptors (Lipinski definition) is 5. The fraction of sp³-hybridized carbons (Fsp3) is 0.333. The van der Waals surface area contributed by atoms with Crippen LogP contribution in [0.5, 0.6) is 11.5 Å². The maximum atomic E-state index is 13.2. The number of ether oxygens (including phenoxy) is 3. The molecule has 6 nitrogen and oxygen atoms in total. The van der Waals surface area contributed by atoms with E-state index in [1.54, 1.807) is 42.4 Å². The van der Waals surface area contributed by atoms with Crippen molar-refractivity contribution in [1.29, 1.82) is 5.26 Å². The molecule has 0 aliphatic carbocycles. The maximum absolute atomic E-state index is 13.2. The van der Waals surface area contributed by atoms with E-state index in [9.17, 15) is 4.79 Å². The van der Waals surface area contributed by atoms with Crippen molar-refractivity contribution in [3.05, 3.63) is 71.8 Å². The van der Waals surface area contributed by atoms with Crippen molar-refractivity contribution in [3.63, 3.8) is 0 Å². The van der Waals surface area contributed by atoms with Crippen LogP contribution in [0, 0.1) is 11.3 Å². The highest BCUT2D eigenvalue weighted by Crippen LogP contribution is 2.29. The highest BCUT2D eigenvalue weighted by Gasteiger charge is 2.24. The predicted molar refractivity (Wildman–Crippen MR) is 114 cm³/mol. The van der Waals surface area contributed by atoms with Gasteiger partial charge in [0.15, 0.2) is 11.5 Å². The van der Waals surface area contributed by atoms with Crippen LogP contribution in [0.25, 0.3) is 0 Å². The number of amides is 1. The van der Waals surface area contributed by atoms with E-state index >= 15 is 0 Å². The minimum atomic E-state index is -0.0964. The van der Waals surface area contributed by atoms with E-state index in [1.165, 1.54) is 0 Å². The highest BCUT2D eigenvalue weighted by atomic mass is 16.5. The van der Waals surface area contributed by atoms with Crippen molar-refractivity contribution in [3.8, 4) is 17.6 Å². The molecule has 1 heterocycles. The second kappa shape index (κ2) is 10.5. The lowest BCUT2D eigenvalue weighted by Crippen LogP contribution is -2.37. The molecule has 1 fully saturated rings. The first-order chi connectivity index (χ1) is 14.6. The molecule has 1 amide bonds. The maximum Gasteiger partial charge on any atom is 0.254 e. The van der Waals surface area contributed by atoms with Crippen molar-refractivity contribution >= 4 is 5.91 Å². The summed E-state index contributed by atoms with van der Waals surface area (Å²) >= 11 is 0. The van der Waals surface area contributed by atoms with Gasteiger partial charge in [-0.15, -0.1) is 0 Å². The van der Waals surface area contributed by atoms with Crippen molar-refractivity contribution in [1.82, 2.24) is 4.90 Å². The Hall–Kier alpha value is -3.30. The zero-order valence-electron chi connectivity index (χ0n) is 17.2. The third-order valence-electron chi connectivity index (χ3n) is 4.95. The largest absolute Gasteiger partial charge is 0.493 e. The summed E-state index contributed by atoms with van der Waals surface area (Å²) in [6.45, 7) is 5.70. The van der Waals surface area contributed by atoms with Crippen LogP contribution in [-0.2, 0) is 11.3 Å². The molecular formula is C24H26N2O4. The average molecular weight is 406 g/mol. The summed E-state index contributed by atoms with van der Waals surface area (Å²) in [4.78, 5) is 15.0. The summed E-state index contributed by atoms with van der Waals surface area (Å²) in [5, 5.41) is 9.00. The van der Waals surface area contributed by atoms with Crippen LogP contribution in [0.2, 0.25) is 0 Å². The van der Waals surface area contributed by atoms with Crippen molar-refractivity contribution in [2.45, 2.75) is 25.5 Å². The Labute approximate surface area is 177 Å². The Morgan fingerprint density at radius 1 is 1.30 bits per heavy atom. The number of carbonyl (C=O) groups is 1. The predicted octanol–water partition coefficient (Wildman–Crippen LogP) is 3.95. The van der Waals surface area contributed by atoms with E-state index in [-0.39, 0.29) is 12.0 Å². The van der Waals surface area contributed by atoms with Crippen LogP contribution >= 0.6 is 0 Å². The molecule has 0 bridgehead atoms. The van der Waals surface area contributed by atoms with E-state index in [4.69, 9.17) is 19.5 Å². The van der Waals surface area contributed by atoms with Gasteiger partial charge in [-0.3, -0.25) is 4.79 Å². The lowest BCUT2D eigenvalue weighted by molar-refractivity contribution is 0.0507. The molecule has 0 saturated carbocycles. The van der Waals surface area contributed by atoms with Crippen LogP contribution in [0.15, 0.2) is 55.1 Å². The summed E-state index contributed by atoms with van der Waals surface area (Å²) < 4.78 is 16.8. The second-order valence-electron chi connectivity index (χ2n) is 7.09. The van der Waals surface area contributed by atoms with Gasteiger partial charge in [-0.05, 0) is 54.8 Å². The number of nitriles is 1. The van der Waals surface area contributed by atoms with Gasteiger partial charge < -0.3 is 19.1 Å². The molecule has 0 radical (unpaired) electrons. The van der Waals surface area contributed by atoms with Gasteiger partial charge >= 0.3 is 0 Å². The molecule has 2 aromatic rings. The van der Waals surface area contributed by atoms with Crippen LogP contribution < -0.4 is 9.47 Å². The van der Waals surface area contributed by atoms with Gasteiger partial charge in [-0.2, -0.15) is 5.26 Å². The van der Waals surface area contributed by atoms with E-state index in [0.717, 1.165) is 25.0 Å². The molecule has 1 saturated heterocycles. The standard InChI is InChI=1S/C24H26N2O4/c1-3-12-30-22-11-8-19(14-23(22)28-2)16-26(17-21-5-4-13-29-21)24(27)20-9-6-18(15-25)7-10-20/h3,6-11,14,21H,1,4-5,12-13,16-17H2,2H3. The fourth-order valence-corrected chi connectivity index (χ4v) is 3.42. The molecule has 0 spiro atoms. The van der Waals surface area contributed by atoms with Gasteiger partial charge in [0, 0.05) is 25.3 Å². The molecule has 156 valence electrons. The first-order valence-corrected chi connectivity index (χ1v) is 9.96. The number of rotatable bonds is 9. The first-order valence-electron chi connectivity index (χ1n) is 9.96. The molecule has 3 rings (SSSR count). The quantitative estimate of drug-likeness (QED) is 0.590. The lowest BCUT2D eigenvalue weighted by Gasteiger charge is -2.26. The van der Waals surface area contributed by atoms with E-state index in [2.05, 4.69) is 12.6 Å². The molecule has 30 heavy (non-hydrogen) atoms. The van der Waals surface area contributed by atoms with Crippen LogP contribution in [0.3, 0.4) is 0 Å². The summed E-state index contributed by atoms with van der Waals surface area (Å²) in [6.07, 6.45) is 3.65. The van der Waals surface area contributed by atoms with E-state index in [1.807, 2.05) is 18.2 Å². The molecule has 0 N–H and O–H groups in total. The minimum absolute atomic E-state index is 0.0319. The Balaban J connectivity index is 1.81. The van der Waals surface area contributed by atoms with Crippen LogP contribution in [0.4, 0.5) is 0 Å². The van der Waals surface area contributed by atoms with Crippen molar-refractivity contribution < 1.29 is 19.0 Å². The Morgan fingerprint density at radius 3 is 2.73 bits per heavy atom. The topological polar surface area (TPSA) is 71.8 Å². The number of methoxy groups -OCH3 is 1. The number of nitrogens with zero attached hydrogens (tertiary/aromatic N) is 2. The SMILES string of the molecule is C=CCOc1ccc(CN(CC2CCCO2)C(=O)c2ccc(C#N)cc2)cc1OC. The van der Waals surface area contributed by atoms with Gasteiger partial charge in [0.1, 0.15) is 6.61 Å². The van der Waals surface area contributed by atoms with Crippen LogP contribution in [0.1, 0.15) is 34.3 Å². The zero-order chi connectivity index (χ0) is 21.3. The molecule has 6 heteroatoms. The van der Waals surface area contributed by atoms with Gasteiger partial charge in [-0.1, -0.05) is 18.7 Å². The van der Waals surface area contributed by atoms with Gasteiger partial charge in [0.05, 0.1) is 24.8 Å². The average Bonchev–Trinajstić information content (AvgIpc) is 3.30. The molecular weight excluding hydrogens is 380 g/mol. The van der Waals surface area contributed by atoms with E-state index < -0.39 is 0 Å². The number of hydrogen-bond donors (Lipinski definition) is 0. The molecule has 1 unspecified atom stereocenters. The number of carbonyl (C=O) groups excluding carboxylic acids is 1. The second-order valence-corrected chi connectivity index (χ2v) is 7.09. The van der Waals surface area contributed by atoms with Crippen molar-refractivity contribution in [2.24, 2.45) is 0 Å². The normalized spacial score (nSPS) is 15.3. The Morgan fingerprint density at radius 2 is 2.10 bits per heavy atom. The van der Waals surface area contributed by atoms with Crippen molar-refractivity contribution in [2.75, 3.05) is 26.9 Å². The molecule has 0 aromatic heterocycles. The minimum Gasteiger partial charge on any atom is -0.493 e. The molecule has 1 atom stereocenters. The van der Waals surface area contributed by atoms with Gasteiger partial charge in [0.25, 0.3) is 5.91 Å². The third-order valence-corrected chi connectivity index (χ3v) is 4.95. The first kappa shape index (κ1) is 21.4. The summed E-state index contributed by atoms with van der Waals surface area (Å²) in [5.41, 5.74) is 2.00. The molecule has 2 aromatic carbocycles. The summed E-state index contributed by atoms with van der Waals surface area (Å²) in [5.74, 6) is 1.14. The van der Waals surface area contributed by atoms with Crippen LogP contribution in [-0.4, -0.2) is 43.8 Å². The van der Waals surface area contributed by atoms with Gasteiger partial charge in [-0.25, -0.2) is 0 Å².